The standard InChI is InChI=1S/C16H22N4O2/c1-12-3-4-13(2)14(9-12)22-8-7-20-6-5-16(21,11-20)15-10-17-19-18-15/h3-4,9-10,21H,5-8,11H2,1-2H3,(H,17,18,19)/t16-/m0/s1. The van der Waals surface area contributed by atoms with Crippen LogP contribution in [-0.2, 0) is 5.60 Å². The zero-order valence-electron chi connectivity index (χ0n) is 13.0. The Bertz CT molecular complexity index is 629. The van der Waals surface area contributed by atoms with Crippen molar-refractivity contribution in [1.29, 1.82) is 0 Å². The highest BCUT2D eigenvalue weighted by Crippen LogP contribution is 2.29. The van der Waals surface area contributed by atoms with Gasteiger partial charge in [-0.05, 0) is 37.5 Å². The molecule has 0 spiro atoms. The summed E-state index contributed by atoms with van der Waals surface area (Å²) in [5.41, 5.74) is 2.06. The van der Waals surface area contributed by atoms with Crippen LogP contribution in [0.1, 0.15) is 23.2 Å². The van der Waals surface area contributed by atoms with Gasteiger partial charge in [0.25, 0.3) is 0 Å². The average Bonchev–Trinajstić information content (AvgIpc) is 3.13. The summed E-state index contributed by atoms with van der Waals surface area (Å²) in [6.07, 6.45) is 2.26. The highest BCUT2D eigenvalue weighted by Gasteiger charge is 2.39. The van der Waals surface area contributed by atoms with Crippen LogP contribution in [0.25, 0.3) is 0 Å². The zero-order chi connectivity index (χ0) is 15.6. The lowest BCUT2D eigenvalue weighted by Crippen LogP contribution is -2.33. The van der Waals surface area contributed by atoms with Crippen LogP contribution in [0.4, 0.5) is 0 Å². The predicted octanol–water partition coefficient (Wildman–Crippen LogP) is 1.39. The number of aryl methyl sites for hydroxylation is 2. The third kappa shape index (κ3) is 3.13. The van der Waals surface area contributed by atoms with Gasteiger partial charge >= 0.3 is 0 Å². The van der Waals surface area contributed by atoms with Crippen LogP contribution in [0.2, 0.25) is 0 Å². The summed E-state index contributed by atoms with van der Waals surface area (Å²) in [6.45, 7) is 6.90. The van der Waals surface area contributed by atoms with Gasteiger partial charge in [-0.25, -0.2) is 0 Å². The van der Waals surface area contributed by atoms with E-state index in [-0.39, 0.29) is 0 Å². The first-order valence-electron chi connectivity index (χ1n) is 7.58. The van der Waals surface area contributed by atoms with Gasteiger partial charge in [-0.1, -0.05) is 12.1 Å². The molecule has 22 heavy (non-hydrogen) atoms. The van der Waals surface area contributed by atoms with Gasteiger partial charge in [0.1, 0.15) is 23.7 Å². The SMILES string of the molecule is Cc1ccc(C)c(OCCN2CC[C@@](O)(c3cn[nH]n3)C2)c1. The second-order valence-electron chi connectivity index (χ2n) is 6.03. The third-order valence-electron chi connectivity index (χ3n) is 4.23. The smallest absolute Gasteiger partial charge is 0.124 e. The van der Waals surface area contributed by atoms with Crippen molar-refractivity contribution in [3.8, 4) is 5.75 Å². The summed E-state index contributed by atoms with van der Waals surface area (Å²) < 4.78 is 5.88. The molecular formula is C16H22N4O2. The number of rotatable bonds is 5. The fraction of sp³-hybridized carbons (Fsp3) is 0.500. The molecule has 1 saturated heterocycles. The Morgan fingerprint density at radius 2 is 2.27 bits per heavy atom. The number of aromatic amines is 1. The van der Waals surface area contributed by atoms with Gasteiger partial charge in [0.15, 0.2) is 0 Å². The first-order valence-corrected chi connectivity index (χ1v) is 7.58. The number of β-amino-alcohol motifs (C(OH)–C–C–N with tert-alkyl or cyclic N) is 1. The summed E-state index contributed by atoms with van der Waals surface area (Å²) in [4.78, 5) is 2.19. The average molecular weight is 302 g/mol. The van der Waals surface area contributed by atoms with Crippen molar-refractivity contribution in [3.05, 3.63) is 41.2 Å². The molecule has 6 heteroatoms. The molecule has 1 aromatic heterocycles. The maximum absolute atomic E-state index is 10.6. The van der Waals surface area contributed by atoms with E-state index in [2.05, 4.69) is 45.4 Å². The van der Waals surface area contributed by atoms with Crippen molar-refractivity contribution in [3.63, 3.8) is 0 Å². The van der Waals surface area contributed by atoms with Crippen molar-refractivity contribution >= 4 is 0 Å². The normalized spacial score (nSPS) is 22.1. The van der Waals surface area contributed by atoms with Crippen LogP contribution in [-0.4, -0.2) is 51.7 Å². The Morgan fingerprint density at radius 1 is 1.41 bits per heavy atom. The molecule has 0 bridgehead atoms. The molecule has 3 rings (SSSR count). The molecular weight excluding hydrogens is 280 g/mol. The van der Waals surface area contributed by atoms with Gasteiger partial charge in [0, 0.05) is 19.6 Å². The number of nitrogens with one attached hydrogen (secondary N) is 1. The number of nitrogens with zero attached hydrogens (tertiary/aromatic N) is 3. The van der Waals surface area contributed by atoms with Crippen molar-refractivity contribution in [2.24, 2.45) is 0 Å². The zero-order valence-corrected chi connectivity index (χ0v) is 13.0. The molecule has 0 radical (unpaired) electrons. The van der Waals surface area contributed by atoms with E-state index >= 15 is 0 Å². The molecule has 1 aromatic carbocycles. The molecule has 1 fully saturated rings. The van der Waals surface area contributed by atoms with E-state index in [1.165, 1.54) is 5.56 Å². The van der Waals surface area contributed by atoms with E-state index in [1.807, 2.05) is 6.92 Å². The fourth-order valence-corrected chi connectivity index (χ4v) is 2.84. The molecule has 1 aliphatic rings. The molecule has 2 N–H and O–H groups in total. The van der Waals surface area contributed by atoms with Gasteiger partial charge in [0.2, 0.25) is 0 Å². The van der Waals surface area contributed by atoms with Gasteiger partial charge in [-0.2, -0.15) is 15.4 Å². The van der Waals surface area contributed by atoms with Gasteiger partial charge in [0.05, 0.1) is 6.20 Å². The predicted molar refractivity (Wildman–Crippen MR) is 82.7 cm³/mol. The second kappa shape index (κ2) is 6.06. The van der Waals surface area contributed by atoms with Gasteiger partial charge < -0.3 is 9.84 Å². The molecule has 2 heterocycles. The molecule has 0 saturated carbocycles. The summed E-state index contributed by atoms with van der Waals surface area (Å²) in [5.74, 6) is 0.936. The molecule has 1 aliphatic heterocycles. The monoisotopic (exact) mass is 302 g/mol. The van der Waals surface area contributed by atoms with Crippen LogP contribution >= 0.6 is 0 Å². The Kier molecular flexibility index (Phi) is 4.13. The molecule has 0 amide bonds. The van der Waals surface area contributed by atoms with Crippen molar-refractivity contribution < 1.29 is 9.84 Å². The lowest BCUT2D eigenvalue weighted by Gasteiger charge is -2.21. The van der Waals surface area contributed by atoms with E-state index in [4.69, 9.17) is 4.74 Å². The Balaban J connectivity index is 1.52. The number of aliphatic hydroxyl groups is 1. The first-order chi connectivity index (χ1) is 10.6. The number of likely N-dealkylation sites (tertiary alicyclic amines) is 1. The largest absolute Gasteiger partial charge is 0.492 e. The highest BCUT2D eigenvalue weighted by atomic mass is 16.5. The molecule has 0 aliphatic carbocycles. The van der Waals surface area contributed by atoms with E-state index in [1.54, 1.807) is 6.20 Å². The Labute approximate surface area is 130 Å². The summed E-state index contributed by atoms with van der Waals surface area (Å²) in [7, 11) is 0. The van der Waals surface area contributed by atoms with E-state index in [0.717, 1.165) is 24.4 Å². The van der Waals surface area contributed by atoms with E-state index in [0.29, 0.717) is 25.3 Å². The quantitative estimate of drug-likeness (QED) is 0.873. The molecule has 118 valence electrons. The molecule has 2 aromatic rings. The van der Waals surface area contributed by atoms with Crippen molar-refractivity contribution in [1.82, 2.24) is 20.3 Å². The van der Waals surface area contributed by atoms with Crippen molar-refractivity contribution in [2.75, 3.05) is 26.2 Å². The lowest BCUT2D eigenvalue weighted by atomic mass is 10.0. The maximum Gasteiger partial charge on any atom is 0.124 e. The highest BCUT2D eigenvalue weighted by molar-refractivity contribution is 5.35. The number of benzene rings is 1. The Morgan fingerprint density at radius 3 is 3.05 bits per heavy atom. The summed E-state index contributed by atoms with van der Waals surface area (Å²) in [6, 6.07) is 6.22. The minimum absolute atomic E-state index is 0.565. The topological polar surface area (TPSA) is 74.3 Å². The fourth-order valence-electron chi connectivity index (χ4n) is 2.84. The van der Waals surface area contributed by atoms with Crippen LogP contribution in [0.3, 0.4) is 0 Å². The van der Waals surface area contributed by atoms with Crippen molar-refractivity contribution in [2.45, 2.75) is 25.9 Å². The molecule has 6 nitrogen and oxygen atoms in total. The number of hydrogen-bond acceptors (Lipinski definition) is 5. The summed E-state index contributed by atoms with van der Waals surface area (Å²) in [5, 5.41) is 21.0. The van der Waals surface area contributed by atoms with Crippen LogP contribution in [0.15, 0.2) is 24.4 Å². The van der Waals surface area contributed by atoms with E-state index < -0.39 is 5.60 Å². The number of hydrogen-bond donors (Lipinski definition) is 2. The van der Waals surface area contributed by atoms with Crippen LogP contribution in [0, 0.1) is 13.8 Å². The van der Waals surface area contributed by atoms with Gasteiger partial charge in [-0.15, -0.1) is 0 Å². The second-order valence-corrected chi connectivity index (χ2v) is 6.03. The maximum atomic E-state index is 10.6. The minimum atomic E-state index is -0.897. The Hall–Kier alpha value is -1.92. The first kappa shape index (κ1) is 15.0. The number of ether oxygens (including phenoxy) is 1. The van der Waals surface area contributed by atoms with E-state index in [9.17, 15) is 5.11 Å². The minimum Gasteiger partial charge on any atom is -0.492 e. The molecule has 1 atom stereocenters. The lowest BCUT2D eigenvalue weighted by molar-refractivity contribution is 0.0403. The number of H-pyrrole nitrogens is 1. The van der Waals surface area contributed by atoms with Crippen LogP contribution < -0.4 is 4.74 Å². The molecule has 0 unspecified atom stereocenters. The van der Waals surface area contributed by atoms with Crippen LogP contribution in [0.5, 0.6) is 5.75 Å². The summed E-state index contributed by atoms with van der Waals surface area (Å²) >= 11 is 0. The number of aromatic nitrogens is 3. The third-order valence-corrected chi connectivity index (χ3v) is 4.23. The van der Waals surface area contributed by atoms with Gasteiger partial charge in [-0.3, -0.25) is 4.90 Å².